The second-order valence-corrected chi connectivity index (χ2v) is 13.1. The van der Waals surface area contributed by atoms with Crippen molar-refractivity contribution in [1.29, 1.82) is 0 Å². The molecule has 0 radical (unpaired) electrons. The maximum Gasteiger partial charge on any atom is 0.0540 e. The summed E-state index contributed by atoms with van der Waals surface area (Å²) < 4.78 is 0. The van der Waals surface area contributed by atoms with Crippen LogP contribution in [0.3, 0.4) is 0 Å². The fourth-order valence-corrected chi connectivity index (χ4v) is 7.48. The first kappa shape index (κ1) is 30.4. The molecule has 0 saturated carbocycles. The molecule has 9 aromatic rings. The first-order chi connectivity index (χ1) is 25.2. The van der Waals surface area contributed by atoms with Crippen molar-refractivity contribution in [2.24, 2.45) is 0 Å². The van der Waals surface area contributed by atoms with Gasteiger partial charge in [-0.05, 0) is 111 Å². The van der Waals surface area contributed by atoms with Gasteiger partial charge in [0.1, 0.15) is 0 Å². The fraction of sp³-hybridized carbons (Fsp3) is 0.0204. The lowest BCUT2D eigenvalue weighted by Gasteiger charge is -2.28. The van der Waals surface area contributed by atoms with Crippen LogP contribution in [-0.4, -0.2) is 0 Å². The molecule has 242 valence electrons. The third-order valence-electron chi connectivity index (χ3n) is 9.85. The summed E-state index contributed by atoms with van der Waals surface area (Å²) in [7, 11) is 0. The summed E-state index contributed by atoms with van der Waals surface area (Å²) in [5.41, 5.74) is 11.6. The van der Waals surface area contributed by atoms with Crippen LogP contribution in [0.4, 0.5) is 28.4 Å². The van der Waals surface area contributed by atoms with Crippen LogP contribution in [0.15, 0.2) is 194 Å². The molecule has 0 aliphatic heterocycles. The summed E-state index contributed by atoms with van der Waals surface area (Å²) in [6.45, 7) is 2.15. The number of hydrogen-bond acceptors (Lipinski definition) is 2. The van der Waals surface area contributed by atoms with Crippen LogP contribution in [0.2, 0.25) is 0 Å². The Morgan fingerprint density at radius 2 is 0.961 bits per heavy atom. The lowest BCUT2D eigenvalue weighted by atomic mass is 9.85. The van der Waals surface area contributed by atoms with Gasteiger partial charge in [0.2, 0.25) is 0 Å². The van der Waals surface area contributed by atoms with Gasteiger partial charge in [0.25, 0.3) is 0 Å². The van der Waals surface area contributed by atoms with Crippen LogP contribution < -0.4 is 10.2 Å². The van der Waals surface area contributed by atoms with Crippen molar-refractivity contribution in [2.75, 3.05) is 10.2 Å². The zero-order valence-corrected chi connectivity index (χ0v) is 28.4. The number of nitrogens with one attached hydrogen (secondary N) is 1. The fourth-order valence-electron chi connectivity index (χ4n) is 7.48. The van der Waals surface area contributed by atoms with Crippen molar-refractivity contribution in [3.63, 3.8) is 0 Å². The minimum atomic E-state index is 1.06. The van der Waals surface area contributed by atoms with Gasteiger partial charge in [-0.15, -0.1) is 0 Å². The minimum absolute atomic E-state index is 1.06. The lowest BCUT2D eigenvalue weighted by molar-refractivity contribution is 1.30. The Hall–Kier alpha value is -6.64. The van der Waals surface area contributed by atoms with Gasteiger partial charge < -0.3 is 10.2 Å². The van der Waals surface area contributed by atoms with Gasteiger partial charge in [0.15, 0.2) is 0 Å². The monoisotopic (exact) mass is 652 g/mol. The summed E-state index contributed by atoms with van der Waals surface area (Å²) >= 11 is 0. The van der Waals surface area contributed by atoms with E-state index in [1.54, 1.807) is 0 Å². The third-order valence-corrected chi connectivity index (χ3v) is 9.85. The van der Waals surface area contributed by atoms with E-state index in [1.807, 2.05) is 6.07 Å². The molecule has 0 aromatic heterocycles. The number of para-hydroxylation sites is 2. The van der Waals surface area contributed by atoms with Crippen molar-refractivity contribution in [1.82, 2.24) is 0 Å². The Morgan fingerprint density at radius 3 is 1.71 bits per heavy atom. The average molecular weight is 653 g/mol. The number of nitrogens with zero attached hydrogens (tertiary/aromatic N) is 1. The van der Waals surface area contributed by atoms with Crippen molar-refractivity contribution < 1.29 is 0 Å². The van der Waals surface area contributed by atoms with E-state index in [1.165, 1.54) is 60.1 Å². The highest BCUT2D eigenvalue weighted by molar-refractivity contribution is 6.22. The highest BCUT2D eigenvalue weighted by Gasteiger charge is 2.21. The van der Waals surface area contributed by atoms with E-state index in [-0.39, 0.29) is 0 Å². The van der Waals surface area contributed by atoms with Gasteiger partial charge >= 0.3 is 0 Å². The topological polar surface area (TPSA) is 15.3 Å². The van der Waals surface area contributed by atoms with Crippen LogP contribution in [-0.2, 0) is 0 Å². The molecule has 51 heavy (non-hydrogen) atoms. The SMILES string of the molecule is Cc1ccc(-c2c3ccc(Nc4ccccc4)cc3c(-c3ccccc3)c3ccc(N(c4ccccc4)c4cccc5ccccc45)cc23)cc1. The van der Waals surface area contributed by atoms with Crippen molar-refractivity contribution >= 4 is 60.8 Å². The second-order valence-electron chi connectivity index (χ2n) is 13.1. The Morgan fingerprint density at radius 1 is 0.373 bits per heavy atom. The molecule has 0 amide bonds. The van der Waals surface area contributed by atoms with Gasteiger partial charge in [-0.1, -0.05) is 145 Å². The Bertz CT molecular complexity index is 2640. The molecular formula is C49H36N2. The highest BCUT2D eigenvalue weighted by Crippen LogP contribution is 2.47. The van der Waals surface area contributed by atoms with E-state index in [4.69, 9.17) is 0 Å². The van der Waals surface area contributed by atoms with Gasteiger partial charge in [-0.2, -0.15) is 0 Å². The molecule has 2 heteroatoms. The normalized spacial score (nSPS) is 11.2. The molecule has 0 unspecified atom stereocenters. The molecule has 0 fully saturated rings. The molecule has 0 aliphatic rings. The van der Waals surface area contributed by atoms with Crippen LogP contribution in [0.1, 0.15) is 5.56 Å². The summed E-state index contributed by atoms with van der Waals surface area (Å²) in [6.07, 6.45) is 0. The zero-order valence-electron chi connectivity index (χ0n) is 28.4. The van der Waals surface area contributed by atoms with Crippen LogP contribution in [0.25, 0.3) is 54.6 Å². The highest BCUT2D eigenvalue weighted by atomic mass is 15.1. The van der Waals surface area contributed by atoms with Crippen LogP contribution in [0.5, 0.6) is 0 Å². The van der Waals surface area contributed by atoms with E-state index in [9.17, 15) is 0 Å². The van der Waals surface area contributed by atoms with E-state index in [0.29, 0.717) is 0 Å². The lowest BCUT2D eigenvalue weighted by Crippen LogP contribution is -2.10. The zero-order chi connectivity index (χ0) is 34.1. The molecule has 2 nitrogen and oxygen atoms in total. The van der Waals surface area contributed by atoms with Gasteiger partial charge in [-0.25, -0.2) is 0 Å². The van der Waals surface area contributed by atoms with Gasteiger partial charge in [-0.3, -0.25) is 0 Å². The minimum Gasteiger partial charge on any atom is -0.356 e. The predicted molar refractivity (Wildman–Crippen MR) is 219 cm³/mol. The maximum atomic E-state index is 3.66. The summed E-state index contributed by atoms with van der Waals surface area (Å²) in [4.78, 5) is 2.40. The van der Waals surface area contributed by atoms with Crippen molar-refractivity contribution in [3.8, 4) is 22.3 Å². The molecule has 0 bridgehead atoms. The van der Waals surface area contributed by atoms with Gasteiger partial charge in [0.05, 0.1) is 5.69 Å². The number of anilines is 5. The first-order valence-corrected chi connectivity index (χ1v) is 17.5. The van der Waals surface area contributed by atoms with E-state index < -0.39 is 0 Å². The van der Waals surface area contributed by atoms with E-state index in [0.717, 1.165) is 28.4 Å². The molecule has 0 spiro atoms. The Balaban J connectivity index is 1.37. The number of benzene rings is 9. The Labute approximate surface area is 298 Å². The van der Waals surface area contributed by atoms with Crippen molar-refractivity contribution in [3.05, 3.63) is 200 Å². The van der Waals surface area contributed by atoms with E-state index >= 15 is 0 Å². The average Bonchev–Trinajstić information content (AvgIpc) is 3.19. The molecular weight excluding hydrogens is 617 g/mol. The first-order valence-electron chi connectivity index (χ1n) is 17.5. The molecule has 0 saturated heterocycles. The van der Waals surface area contributed by atoms with Crippen LogP contribution >= 0.6 is 0 Å². The van der Waals surface area contributed by atoms with Gasteiger partial charge in [0, 0.05) is 28.1 Å². The molecule has 0 atom stereocenters. The second kappa shape index (κ2) is 13.0. The standard InChI is InChI=1S/C49H36N2/c1-34-24-26-37(27-25-34)49-43-30-28-39(50-38-18-7-3-8-19-38)32-45(43)48(36-15-5-2-6-16-36)44-31-29-41(33-46(44)49)51(40-20-9-4-10-21-40)47-23-13-17-35-14-11-12-22-42(35)47/h2-33,50H,1H3. The number of hydrogen-bond donors (Lipinski definition) is 1. The largest absolute Gasteiger partial charge is 0.356 e. The Kier molecular flexibility index (Phi) is 7.75. The number of fused-ring (bicyclic) bond motifs is 3. The molecule has 0 aliphatic carbocycles. The van der Waals surface area contributed by atoms with Crippen molar-refractivity contribution in [2.45, 2.75) is 6.92 Å². The quantitative estimate of drug-likeness (QED) is 0.172. The predicted octanol–water partition coefficient (Wildman–Crippen LogP) is 14.0. The molecule has 9 rings (SSSR count). The maximum absolute atomic E-state index is 3.66. The summed E-state index contributed by atoms with van der Waals surface area (Å²) in [6, 6.07) is 70.0. The van der Waals surface area contributed by atoms with E-state index in [2.05, 4.69) is 205 Å². The summed E-state index contributed by atoms with van der Waals surface area (Å²) in [5, 5.41) is 11.0. The van der Waals surface area contributed by atoms with Crippen LogP contribution in [0, 0.1) is 6.92 Å². The molecule has 9 aromatic carbocycles. The number of aryl methyl sites for hydroxylation is 1. The third kappa shape index (κ3) is 5.67. The number of rotatable bonds is 7. The smallest absolute Gasteiger partial charge is 0.0540 e. The summed E-state index contributed by atoms with van der Waals surface area (Å²) in [5.74, 6) is 0. The molecule has 0 heterocycles. The molecule has 1 N–H and O–H groups in total.